The van der Waals surface area contributed by atoms with Crippen molar-refractivity contribution in [2.45, 2.75) is 44.9 Å². The summed E-state index contributed by atoms with van der Waals surface area (Å²) < 4.78 is 12.7. The molecule has 2 atom stereocenters. The minimum absolute atomic E-state index is 0.0192. The Morgan fingerprint density at radius 3 is 2.95 bits per heavy atom. The molecule has 2 heterocycles. The van der Waals surface area contributed by atoms with Gasteiger partial charge in [0.2, 0.25) is 0 Å². The largest absolute Gasteiger partial charge is 0.378 e. The van der Waals surface area contributed by atoms with Crippen LogP contribution in [0.5, 0.6) is 0 Å². The summed E-state index contributed by atoms with van der Waals surface area (Å²) in [5.74, 6) is 1.31. The molecule has 1 aliphatic heterocycles. The van der Waals surface area contributed by atoms with Crippen LogP contribution in [0.3, 0.4) is 0 Å². The Morgan fingerprint density at radius 1 is 1.57 bits per heavy atom. The molecule has 6 nitrogen and oxygen atoms in total. The highest BCUT2D eigenvalue weighted by Gasteiger charge is 2.28. The average Bonchev–Trinajstić information content (AvgIpc) is 2.83. The van der Waals surface area contributed by atoms with E-state index in [-0.39, 0.29) is 22.9 Å². The molecule has 1 aliphatic rings. The molecule has 0 radical (unpaired) electrons. The Balaban J connectivity index is 2.03. The van der Waals surface area contributed by atoms with E-state index in [4.69, 9.17) is 9.47 Å². The van der Waals surface area contributed by atoms with Gasteiger partial charge in [-0.15, -0.1) is 11.8 Å². The summed E-state index contributed by atoms with van der Waals surface area (Å²) in [6.45, 7) is 9.23. The molecule has 7 heteroatoms. The molecular formula is C14H23N3O3S. The zero-order valence-corrected chi connectivity index (χ0v) is 13.8. The van der Waals surface area contributed by atoms with Crippen LogP contribution in [0.2, 0.25) is 0 Å². The summed E-state index contributed by atoms with van der Waals surface area (Å²) in [7, 11) is 0. The van der Waals surface area contributed by atoms with Crippen molar-refractivity contribution in [2.75, 3.05) is 24.3 Å². The first-order valence-electron chi connectivity index (χ1n) is 7.11. The van der Waals surface area contributed by atoms with Crippen LogP contribution >= 0.6 is 11.8 Å². The zero-order chi connectivity index (χ0) is 15.5. The minimum Gasteiger partial charge on any atom is -0.378 e. The van der Waals surface area contributed by atoms with E-state index in [1.54, 1.807) is 24.0 Å². The summed E-state index contributed by atoms with van der Waals surface area (Å²) in [6, 6.07) is 1.80. The highest BCUT2D eigenvalue weighted by molar-refractivity contribution is 8.00. The SMILES string of the molecule is CCOC[C@@H]1O[C@H](n2ccc(NC(C)(C)C)nc2=O)CS1. The highest BCUT2D eigenvalue weighted by Crippen LogP contribution is 2.31. The van der Waals surface area contributed by atoms with Crippen LogP contribution < -0.4 is 11.0 Å². The molecular weight excluding hydrogens is 290 g/mol. The number of anilines is 1. The first kappa shape index (κ1) is 16.3. The number of aromatic nitrogens is 2. The maximum atomic E-state index is 12.1. The summed E-state index contributed by atoms with van der Waals surface area (Å²) in [6.07, 6.45) is 1.46. The topological polar surface area (TPSA) is 65.4 Å². The lowest BCUT2D eigenvalue weighted by Crippen LogP contribution is -2.32. The molecule has 0 aliphatic carbocycles. The lowest BCUT2D eigenvalue weighted by atomic mass is 10.1. The number of nitrogens with one attached hydrogen (secondary N) is 1. The normalized spacial score (nSPS) is 22.5. The van der Waals surface area contributed by atoms with Gasteiger partial charge in [0.25, 0.3) is 0 Å². The van der Waals surface area contributed by atoms with Crippen molar-refractivity contribution < 1.29 is 9.47 Å². The van der Waals surface area contributed by atoms with Crippen LogP contribution in [0.4, 0.5) is 5.82 Å². The second-order valence-corrected chi connectivity index (χ2v) is 7.08. The van der Waals surface area contributed by atoms with Crippen LogP contribution in [0.15, 0.2) is 17.1 Å². The second-order valence-electron chi connectivity index (χ2n) is 5.89. The maximum Gasteiger partial charge on any atom is 0.351 e. The van der Waals surface area contributed by atoms with E-state index >= 15 is 0 Å². The molecule has 0 saturated carbocycles. The Labute approximate surface area is 129 Å². The Bertz CT molecular complexity index is 527. The van der Waals surface area contributed by atoms with E-state index < -0.39 is 0 Å². The van der Waals surface area contributed by atoms with E-state index in [1.807, 2.05) is 27.7 Å². The molecule has 0 bridgehead atoms. The van der Waals surface area contributed by atoms with E-state index in [0.717, 1.165) is 5.75 Å². The number of hydrogen-bond donors (Lipinski definition) is 1. The van der Waals surface area contributed by atoms with Gasteiger partial charge in [-0.3, -0.25) is 4.57 Å². The van der Waals surface area contributed by atoms with Crippen molar-refractivity contribution in [1.29, 1.82) is 0 Å². The molecule has 1 aromatic heterocycles. The first-order valence-corrected chi connectivity index (χ1v) is 8.16. The van der Waals surface area contributed by atoms with E-state index in [2.05, 4.69) is 10.3 Å². The Hall–Kier alpha value is -1.05. The van der Waals surface area contributed by atoms with E-state index in [9.17, 15) is 4.79 Å². The number of rotatable bonds is 5. The van der Waals surface area contributed by atoms with Gasteiger partial charge in [-0.2, -0.15) is 4.98 Å². The number of thioether (sulfide) groups is 1. The molecule has 0 unspecified atom stereocenters. The van der Waals surface area contributed by atoms with Crippen molar-refractivity contribution in [3.63, 3.8) is 0 Å². The van der Waals surface area contributed by atoms with Crippen LogP contribution in [-0.2, 0) is 9.47 Å². The summed E-state index contributed by atoms with van der Waals surface area (Å²) in [5, 5.41) is 3.19. The molecule has 0 amide bonds. The van der Waals surface area contributed by atoms with Crippen molar-refractivity contribution in [1.82, 2.24) is 9.55 Å². The van der Waals surface area contributed by atoms with Gasteiger partial charge in [0, 0.05) is 24.1 Å². The van der Waals surface area contributed by atoms with Gasteiger partial charge in [0.05, 0.1) is 6.61 Å². The number of ether oxygens (including phenoxy) is 2. The van der Waals surface area contributed by atoms with Gasteiger partial charge in [-0.1, -0.05) is 0 Å². The van der Waals surface area contributed by atoms with Crippen LogP contribution in [0.1, 0.15) is 33.9 Å². The van der Waals surface area contributed by atoms with Crippen molar-refractivity contribution >= 4 is 17.6 Å². The van der Waals surface area contributed by atoms with E-state index in [0.29, 0.717) is 19.0 Å². The zero-order valence-electron chi connectivity index (χ0n) is 13.0. The fourth-order valence-electron chi connectivity index (χ4n) is 1.98. The molecule has 118 valence electrons. The number of hydrogen-bond acceptors (Lipinski definition) is 6. The monoisotopic (exact) mass is 313 g/mol. The lowest BCUT2D eigenvalue weighted by molar-refractivity contribution is -0.0226. The average molecular weight is 313 g/mol. The second kappa shape index (κ2) is 6.81. The molecule has 0 spiro atoms. The molecule has 1 fully saturated rings. The van der Waals surface area contributed by atoms with Gasteiger partial charge in [0.15, 0.2) is 0 Å². The van der Waals surface area contributed by atoms with Gasteiger partial charge in [-0.05, 0) is 33.8 Å². The van der Waals surface area contributed by atoms with Crippen molar-refractivity contribution in [3.8, 4) is 0 Å². The van der Waals surface area contributed by atoms with Gasteiger partial charge in [0.1, 0.15) is 17.5 Å². The van der Waals surface area contributed by atoms with Gasteiger partial charge < -0.3 is 14.8 Å². The Morgan fingerprint density at radius 2 is 2.33 bits per heavy atom. The third-order valence-electron chi connectivity index (χ3n) is 2.83. The predicted octanol–water partition coefficient (Wildman–Crippen LogP) is 2.08. The maximum absolute atomic E-state index is 12.1. The van der Waals surface area contributed by atoms with Crippen LogP contribution in [0.25, 0.3) is 0 Å². The standard InChI is InChI=1S/C14H23N3O3S/c1-5-19-8-12-20-11(9-21-12)17-7-6-10(15-13(17)18)16-14(2,3)4/h6-7,11-12H,5,8-9H2,1-4H3,(H,15,16,18)/t11-,12+/m0/s1. The first-order chi connectivity index (χ1) is 9.89. The molecule has 2 rings (SSSR count). The molecule has 21 heavy (non-hydrogen) atoms. The third-order valence-corrected chi connectivity index (χ3v) is 3.93. The van der Waals surface area contributed by atoms with Crippen LogP contribution in [-0.4, -0.2) is 39.5 Å². The van der Waals surface area contributed by atoms with E-state index in [1.165, 1.54) is 4.57 Å². The molecule has 1 aromatic rings. The lowest BCUT2D eigenvalue weighted by Gasteiger charge is -2.21. The summed E-state index contributed by atoms with van der Waals surface area (Å²) >= 11 is 1.66. The molecule has 1 saturated heterocycles. The van der Waals surface area contributed by atoms with Gasteiger partial charge in [-0.25, -0.2) is 4.79 Å². The van der Waals surface area contributed by atoms with Crippen molar-refractivity contribution in [2.24, 2.45) is 0 Å². The Kier molecular flexibility index (Phi) is 5.29. The quantitative estimate of drug-likeness (QED) is 0.898. The minimum atomic E-state index is -0.299. The third kappa shape index (κ3) is 4.72. The molecule has 0 aromatic carbocycles. The summed E-state index contributed by atoms with van der Waals surface area (Å²) in [5.41, 5.74) is -0.449. The fraction of sp³-hybridized carbons (Fsp3) is 0.714. The van der Waals surface area contributed by atoms with Crippen molar-refractivity contribution in [3.05, 3.63) is 22.7 Å². The predicted molar refractivity (Wildman–Crippen MR) is 84.7 cm³/mol. The van der Waals surface area contributed by atoms with Crippen LogP contribution in [0, 0.1) is 0 Å². The highest BCUT2D eigenvalue weighted by atomic mass is 32.2. The molecule has 1 N–H and O–H groups in total. The fourth-order valence-corrected chi connectivity index (χ4v) is 2.99. The number of nitrogens with zero attached hydrogens (tertiary/aromatic N) is 2. The smallest absolute Gasteiger partial charge is 0.351 e. The van der Waals surface area contributed by atoms with Gasteiger partial charge >= 0.3 is 5.69 Å². The summed E-state index contributed by atoms with van der Waals surface area (Å²) in [4.78, 5) is 16.2.